The molecule has 2 heterocycles. The summed E-state index contributed by atoms with van der Waals surface area (Å²) in [6.07, 6.45) is 5.09. The SMILES string of the molecule is COc1ccc(C2(C)CCOCC2)cc1S(=O)(=O)NC(=O)c1ccc2c(-n3cccn3)cccc2c1. The van der Waals surface area contributed by atoms with Gasteiger partial charge in [-0.05, 0) is 65.6 Å². The zero-order valence-electron chi connectivity index (χ0n) is 20.1. The number of sulfonamides is 1. The van der Waals surface area contributed by atoms with E-state index in [0.717, 1.165) is 34.9 Å². The van der Waals surface area contributed by atoms with Crippen molar-refractivity contribution in [3.05, 3.63) is 84.2 Å². The van der Waals surface area contributed by atoms with Gasteiger partial charge in [0.2, 0.25) is 0 Å². The molecule has 36 heavy (non-hydrogen) atoms. The number of rotatable bonds is 6. The molecular weight excluding hydrogens is 478 g/mol. The molecule has 0 unspecified atom stereocenters. The first-order valence-corrected chi connectivity index (χ1v) is 13.2. The van der Waals surface area contributed by atoms with Gasteiger partial charge in [-0.2, -0.15) is 5.10 Å². The molecule has 0 aliphatic carbocycles. The summed E-state index contributed by atoms with van der Waals surface area (Å²) in [5.41, 5.74) is 1.75. The van der Waals surface area contributed by atoms with Crippen LogP contribution in [0.25, 0.3) is 16.5 Å². The molecule has 3 aromatic carbocycles. The third-order valence-electron chi connectivity index (χ3n) is 6.84. The van der Waals surface area contributed by atoms with Gasteiger partial charge in [0.15, 0.2) is 0 Å². The molecule has 0 radical (unpaired) electrons. The van der Waals surface area contributed by atoms with Crippen molar-refractivity contribution in [2.24, 2.45) is 0 Å². The minimum absolute atomic E-state index is 0.0645. The Morgan fingerprint density at radius 1 is 1.08 bits per heavy atom. The van der Waals surface area contributed by atoms with Crippen molar-refractivity contribution in [3.63, 3.8) is 0 Å². The standard InChI is InChI=1S/C27H27N3O5S/c1-27(11-15-35-16-12-27)21-8-10-24(34-2)25(18-21)36(32,33)29-26(31)20-7-9-22-19(17-20)5-3-6-23(22)30-14-4-13-28-30/h3-10,13-14,17-18H,11-12,15-16H2,1-2H3,(H,29,31). The molecule has 1 N–H and O–H groups in total. The van der Waals surface area contributed by atoms with Gasteiger partial charge in [0.1, 0.15) is 10.6 Å². The lowest BCUT2D eigenvalue weighted by atomic mass is 9.76. The number of benzene rings is 3. The Morgan fingerprint density at radius 3 is 2.61 bits per heavy atom. The Bertz CT molecular complexity index is 1520. The number of carbonyl (C=O) groups excluding carboxylic acids is 1. The second-order valence-electron chi connectivity index (χ2n) is 9.14. The van der Waals surface area contributed by atoms with Crippen molar-refractivity contribution in [1.82, 2.24) is 14.5 Å². The highest BCUT2D eigenvalue weighted by atomic mass is 32.2. The average Bonchev–Trinajstić information content (AvgIpc) is 3.42. The Morgan fingerprint density at radius 2 is 1.89 bits per heavy atom. The first-order valence-electron chi connectivity index (χ1n) is 11.7. The van der Waals surface area contributed by atoms with Crippen molar-refractivity contribution in [2.45, 2.75) is 30.1 Å². The molecule has 5 rings (SSSR count). The minimum Gasteiger partial charge on any atom is -0.495 e. The van der Waals surface area contributed by atoms with Gasteiger partial charge in [0.25, 0.3) is 15.9 Å². The third kappa shape index (κ3) is 4.47. The first-order chi connectivity index (χ1) is 17.3. The van der Waals surface area contributed by atoms with Crippen LogP contribution in [-0.4, -0.2) is 44.4 Å². The van der Waals surface area contributed by atoms with Crippen LogP contribution in [0.2, 0.25) is 0 Å². The minimum atomic E-state index is -4.21. The number of methoxy groups -OCH3 is 1. The molecule has 1 aliphatic rings. The highest BCUT2D eigenvalue weighted by molar-refractivity contribution is 7.90. The molecule has 1 aromatic heterocycles. The molecule has 1 saturated heterocycles. The summed E-state index contributed by atoms with van der Waals surface area (Å²) in [5.74, 6) is -0.539. The van der Waals surface area contributed by atoms with Crippen LogP contribution in [0.4, 0.5) is 0 Å². The van der Waals surface area contributed by atoms with E-state index >= 15 is 0 Å². The van der Waals surface area contributed by atoms with E-state index in [1.807, 2.05) is 36.5 Å². The number of carbonyl (C=O) groups is 1. The second-order valence-corrected chi connectivity index (χ2v) is 10.8. The maximum atomic E-state index is 13.4. The smallest absolute Gasteiger partial charge is 0.268 e. The van der Waals surface area contributed by atoms with Gasteiger partial charge in [-0.1, -0.05) is 31.2 Å². The molecule has 186 valence electrons. The number of amides is 1. The fraction of sp³-hybridized carbons (Fsp3) is 0.259. The van der Waals surface area contributed by atoms with Gasteiger partial charge in [-0.25, -0.2) is 17.8 Å². The lowest BCUT2D eigenvalue weighted by Crippen LogP contribution is -2.33. The Kier molecular flexibility index (Phi) is 6.27. The summed E-state index contributed by atoms with van der Waals surface area (Å²) in [6, 6.07) is 17.7. The van der Waals surface area contributed by atoms with Crippen LogP contribution < -0.4 is 9.46 Å². The van der Waals surface area contributed by atoms with E-state index in [4.69, 9.17) is 9.47 Å². The van der Waals surface area contributed by atoms with E-state index < -0.39 is 15.9 Å². The first kappa shape index (κ1) is 24.0. The van der Waals surface area contributed by atoms with E-state index in [-0.39, 0.29) is 21.6 Å². The van der Waals surface area contributed by atoms with Gasteiger partial charge in [0.05, 0.1) is 12.8 Å². The van der Waals surface area contributed by atoms with Gasteiger partial charge in [-0.3, -0.25) is 4.79 Å². The number of fused-ring (bicyclic) bond motifs is 1. The van der Waals surface area contributed by atoms with Gasteiger partial charge in [-0.15, -0.1) is 0 Å². The van der Waals surface area contributed by atoms with Crippen LogP contribution in [0.1, 0.15) is 35.7 Å². The molecule has 1 aliphatic heterocycles. The molecule has 1 fully saturated rings. The quantitative estimate of drug-likeness (QED) is 0.421. The Labute approximate surface area is 209 Å². The zero-order valence-corrected chi connectivity index (χ0v) is 20.9. The zero-order chi connectivity index (χ0) is 25.3. The normalized spacial score (nSPS) is 15.5. The van der Waals surface area contributed by atoms with E-state index in [1.54, 1.807) is 41.2 Å². The topological polar surface area (TPSA) is 99.5 Å². The number of nitrogens with one attached hydrogen (secondary N) is 1. The monoisotopic (exact) mass is 505 g/mol. The summed E-state index contributed by atoms with van der Waals surface area (Å²) in [4.78, 5) is 13.0. The van der Waals surface area contributed by atoms with E-state index in [9.17, 15) is 13.2 Å². The van der Waals surface area contributed by atoms with Crippen LogP contribution in [0, 0.1) is 0 Å². The molecule has 4 aromatic rings. The Balaban J connectivity index is 1.46. The number of hydrogen-bond acceptors (Lipinski definition) is 6. The number of nitrogens with zero attached hydrogens (tertiary/aromatic N) is 2. The summed E-state index contributed by atoms with van der Waals surface area (Å²) in [7, 11) is -2.80. The van der Waals surface area contributed by atoms with Crippen molar-refractivity contribution < 1.29 is 22.7 Å². The third-order valence-corrected chi connectivity index (χ3v) is 8.20. The number of aromatic nitrogens is 2. The molecule has 1 amide bonds. The van der Waals surface area contributed by atoms with Crippen LogP contribution in [0.5, 0.6) is 5.75 Å². The van der Waals surface area contributed by atoms with Gasteiger partial charge >= 0.3 is 0 Å². The van der Waals surface area contributed by atoms with Crippen molar-refractivity contribution in [3.8, 4) is 11.4 Å². The molecule has 9 heteroatoms. The summed E-state index contributed by atoms with van der Waals surface area (Å²) in [5, 5.41) is 5.96. The van der Waals surface area contributed by atoms with Gasteiger partial charge in [0, 0.05) is 36.6 Å². The molecule has 0 bridgehead atoms. The van der Waals surface area contributed by atoms with Crippen molar-refractivity contribution in [1.29, 1.82) is 0 Å². The van der Waals surface area contributed by atoms with E-state index in [1.165, 1.54) is 7.11 Å². The molecular formula is C27H27N3O5S. The fourth-order valence-corrected chi connectivity index (χ4v) is 5.80. The number of hydrogen-bond donors (Lipinski definition) is 1. The summed E-state index contributed by atoms with van der Waals surface area (Å²) < 4.78 is 41.5. The molecule has 0 atom stereocenters. The molecule has 8 nitrogen and oxygen atoms in total. The van der Waals surface area contributed by atoms with Crippen molar-refractivity contribution >= 4 is 26.7 Å². The molecule has 0 spiro atoms. The van der Waals surface area contributed by atoms with E-state index in [2.05, 4.69) is 16.7 Å². The number of ether oxygens (including phenoxy) is 2. The second kappa shape index (κ2) is 9.40. The van der Waals surface area contributed by atoms with Gasteiger partial charge < -0.3 is 9.47 Å². The molecule has 0 saturated carbocycles. The predicted octanol–water partition coefficient (Wildman–Crippen LogP) is 4.22. The van der Waals surface area contributed by atoms with Crippen molar-refractivity contribution in [2.75, 3.05) is 20.3 Å². The lowest BCUT2D eigenvalue weighted by molar-refractivity contribution is 0.0563. The summed E-state index contributed by atoms with van der Waals surface area (Å²) in [6.45, 7) is 3.33. The lowest BCUT2D eigenvalue weighted by Gasteiger charge is -2.34. The largest absolute Gasteiger partial charge is 0.495 e. The summed E-state index contributed by atoms with van der Waals surface area (Å²) >= 11 is 0. The maximum Gasteiger partial charge on any atom is 0.268 e. The average molecular weight is 506 g/mol. The fourth-order valence-electron chi connectivity index (χ4n) is 4.63. The Hall–Kier alpha value is -3.69. The highest BCUT2D eigenvalue weighted by Gasteiger charge is 2.32. The predicted molar refractivity (Wildman–Crippen MR) is 136 cm³/mol. The maximum absolute atomic E-state index is 13.4. The van der Waals surface area contributed by atoms with E-state index in [0.29, 0.717) is 13.2 Å². The van der Waals surface area contributed by atoms with Crippen LogP contribution in [-0.2, 0) is 20.2 Å². The van der Waals surface area contributed by atoms with Crippen LogP contribution in [0.15, 0.2) is 78.0 Å². The van der Waals surface area contributed by atoms with Crippen LogP contribution >= 0.6 is 0 Å². The highest BCUT2D eigenvalue weighted by Crippen LogP contribution is 2.37. The van der Waals surface area contributed by atoms with Crippen LogP contribution in [0.3, 0.4) is 0 Å².